The van der Waals surface area contributed by atoms with Gasteiger partial charge in [-0.05, 0) is 19.9 Å². The van der Waals surface area contributed by atoms with Crippen LogP contribution >= 0.6 is 11.3 Å². The average Bonchev–Trinajstić information content (AvgIpc) is 3.08. The maximum Gasteiger partial charge on any atom is 0.381 e. The van der Waals surface area contributed by atoms with E-state index < -0.39 is 11.5 Å². The van der Waals surface area contributed by atoms with Crippen LogP contribution in [0.15, 0.2) is 27.1 Å². The van der Waals surface area contributed by atoms with Crippen LogP contribution in [0.5, 0.6) is 5.75 Å². The summed E-state index contributed by atoms with van der Waals surface area (Å²) in [5.74, 6) is -1.07. The van der Waals surface area contributed by atoms with Crippen molar-refractivity contribution < 1.29 is 19.1 Å². The van der Waals surface area contributed by atoms with Crippen molar-refractivity contribution in [2.75, 3.05) is 29.7 Å². The predicted octanol–water partition coefficient (Wildman–Crippen LogP) is 1.51. The van der Waals surface area contributed by atoms with Gasteiger partial charge in [-0.2, -0.15) is 0 Å². The number of aliphatic hydroxyl groups excluding tert-OH is 1. The zero-order chi connectivity index (χ0) is 20.7. The number of nitrogens with zero attached hydrogens (tertiary/aromatic N) is 2. The third kappa shape index (κ3) is 5.37. The zero-order valence-electron chi connectivity index (χ0n) is 15.4. The Labute approximate surface area is 164 Å². The molecule has 28 heavy (non-hydrogen) atoms. The first-order chi connectivity index (χ1) is 13.4. The van der Waals surface area contributed by atoms with Crippen molar-refractivity contribution in [3.63, 3.8) is 0 Å². The molecule has 2 rings (SSSR count). The van der Waals surface area contributed by atoms with Crippen LogP contribution in [0.1, 0.15) is 24.4 Å². The predicted molar refractivity (Wildman–Crippen MR) is 106 cm³/mol. The Kier molecular flexibility index (Phi) is 7.23. The third-order valence-corrected chi connectivity index (χ3v) is 4.05. The lowest BCUT2D eigenvalue weighted by Crippen LogP contribution is -2.23. The quantitative estimate of drug-likeness (QED) is 0.387. The van der Waals surface area contributed by atoms with Crippen LogP contribution in [0.2, 0.25) is 0 Å². The van der Waals surface area contributed by atoms with Gasteiger partial charge in [-0.25, -0.2) is 4.79 Å². The van der Waals surface area contributed by atoms with E-state index in [2.05, 4.69) is 26.1 Å². The van der Waals surface area contributed by atoms with Crippen molar-refractivity contribution in [2.45, 2.75) is 19.9 Å². The summed E-state index contributed by atoms with van der Waals surface area (Å²) in [7, 11) is 1.30. The van der Waals surface area contributed by atoms with E-state index in [1.807, 2.05) is 0 Å². The van der Waals surface area contributed by atoms with E-state index in [0.717, 1.165) is 17.6 Å². The summed E-state index contributed by atoms with van der Waals surface area (Å²) in [6.07, 6.45) is 2.66. The summed E-state index contributed by atoms with van der Waals surface area (Å²) in [6.45, 7) is 3.26. The van der Waals surface area contributed by atoms with Gasteiger partial charge < -0.3 is 30.3 Å². The molecule has 150 valence electrons. The van der Waals surface area contributed by atoms with Gasteiger partial charge in [0.05, 0.1) is 19.4 Å². The van der Waals surface area contributed by atoms with Gasteiger partial charge in [0.1, 0.15) is 0 Å². The van der Waals surface area contributed by atoms with Crippen LogP contribution in [0.4, 0.5) is 16.0 Å². The third-order valence-electron chi connectivity index (χ3n) is 3.29. The first kappa shape index (κ1) is 21.1. The molecule has 5 N–H and O–H groups in total. The number of methoxy groups -OCH3 is 1. The molecule has 0 radical (unpaired) electrons. The number of hydrogen-bond donors (Lipinski definition) is 5. The molecule has 0 unspecified atom stereocenters. The van der Waals surface area contributed by atoms with Gasteiger partial charge in [0.15, 0.2) is 5.76 Å². The lowest BCUT2D eigenvalue weighted by atomic mass is 10.2. The van der Waals surface area contributed by atoms with Crippen molar-refractivity contribution in [3.05, 3.63) is 34.0 Å². The number of aromatic nitrogens is 2. The fourth-order valence-electron chi connectivity index (χ4n) is 2.02. The molecule has 0 saturated carbocycles. The second-order valence-corrected chi connectivity index (χ2v) is 6.56. The molecule has 0 aliphatic heterocycles. The first-order valence-corrected chi connectivity index (χ1v) is 8.88. The molecule has 12 heteroatoms. The molecular formula is C16H20N6O5S. The minimum atomic E-state index is -0.838. The molecule has 2 heterocycles. The number of ether oxygens (including phenoxy) is 1. The number of nitrogens with one attached hydrogen (secondary N) is 4. The molecule has 11 nitrogen and oxygen atoms in total. The van der Waals surface area contributed by atoms with Gasteiger partial charge in [0.2, 0.25) is 16.0 Å². The number of hydrogen-bond acceptors (Lipinski definition) is 11. The minimum Gasteiger partial charge on any atom is -0.488 e. The van der Waals surface area contributed by atoms with E-state index in [4.69, 9.17) is 14.6 Å². The molecule has 1 atom stereocenters. The SMILES string of the molecule is COc1c(N[C@H](C)CO)cc(C(=O)Nc2nnc(N/C(C)=C\C=N)s2)oc1=O. The van der Waals surface area contributed by atoms with Crippen molar-refractivity contribution in [1.82, 2.24) is 10.2 Å². The Morgan fingerprint density at radius 1 is 1.43 bits per heavy atom. The monoisotopic (exact) mass is 408 g/mol. The van der Waals surface area contributed by atoms with Crippen LogP contribution < -0.4 is 26.3 Å². The van der Waals surface area contributed by atoms with E-state index in [1.165, 1.54) is 19.3 Å². The highest BCUT2D eigenvalue weighted by atomic mass is 32.1. The number of allylic oxidation sites excluding steroid dienone is 2. The summed E-state index contributed by atoms with van der Waals surface area (Å²) in [5.41, 5.74) is 0.0613. The number of rotatable bonds is 9. The van der Waals surface area contributed by atoms with Crippen molar-refractivity contribution in [3.8, 4) is 5.75 Å². The summed E-state index contributed by atoms with van der Waals surface area (Å²) >= 11 is 1.07. The maximum absolute atomic E-state index is 12.4. The summed E-state index contributed by atoms with van der Waals surface area (Å²) in [4.78, 5) is 24.5. The van der Waals surface area contributed by atoms with E-state index in [9.17, 15) is 14.7 Å². The highest BCUT2D eigenvalue weighted by Gasteiger charge is 2.19. The minimum absolute atomic E-state index is 0.104. The second kappa shape index (κ2) is 9.62. The van der Waals surface area contributed by atoms with Gasteiger partial charge in [-0.1, -0.05) is 11.3 Å². The Morgan fingerprint density at radius 3 is 2.71 bits per heavy atom. The normalized spacial score (nSPS) is 12.2. The van der Waals surface area contributed by atoms with Gasteiger partial charge in [0.25, 0.3) is 5.91 Å². The zero-order valence-corrected chi connectivity index (χ0v) is 16.2. The molecule has 0 aromatic carbocycles. The van der Waals surface area contributed by atoms with E-state index in [1.54, 1.807) is 13.8 Å². The Bertz CT molecular complexity index is 938. The fourth-order valence-corrected chi connectivity index (χ4v) is 2.73. The molecule has 0 fully saturated rings. The Hall–Kier alpha value is -3.25. The van der Waals surface area contributed by atoms with Gasteiger partial charge >= 0.3 is 5.63 Å². The van der Waals surface area contributed by atoms with Crippen molar-refractivity contribution >= 4 is 39.4 Å². The van der Waals surface area contributed by atoms with Gasteiger partial charge in [-0.15, -0.1) is 10.2 Å². The molecule has 0 aliphatic rings. The number of aliphatic hydroxyl groups is 1. The molecule has 2 aromatic rings. The van der Waals surface area contributed by atoms with Crippen molar-refractivity contribution in [1.29, 1.82) is 5.41 Å². The van der Waals surface area contributed by atoms with Crippen LogP contribution in [0, 0.1) is 5.41 Å². The maximum atomic E-state index is 12.4. The van der Waals surface area contributed by atoms with Crippen molar-refractivity contribution in [2.24, 2.45) is 0 Å². The molecule has 0 aliphatic carbocycles. The van der Waals surface area contributed by atoms with Gasteiger partial charge in [-0.3, -0.25) is 10.1 Å². The Morgan fingerprint density at radius 2 is 2.11 bits per heavy atom. The molecule has 2 aromatic heterocycles. The average molecular weight is 408 g/mol. The molecule has 0 bridgehead atoms. The standard InChI is InChI=1S/C16H20N6O5S/c1-8(4-5-17)19-15-21-22-16(28-15)20-13(24)11-6-10(18-9(2)7-23)12(26-3)14(25)27-11/h4-6,9,17-18,23H,7H2,1-3H3,(H,19,21)(H,20,22,24)/b8-4-,17-5?/t9-/m1/s1. The van der Waals surface area contributed by atoms with Crippen LogP contribution in [0.3, 0.4) is 0 Å². The number of carbonyl (C=O) groups excluding carboxylic acids is 1. The summed E-state index contributed by atoms with van der Waals surface area (Å²) in [5, 5.41) is 32.8. The first-order valence-electron chi connectivity index (χ1n) is 8.06. The molecular weight excluding hydrogens is 388 g/mol. The lowest BCUT2D eigenvalue weighted by molar-refractivity contribution is 0.0991. The number of anilines is 3. The molecule has 0 saturated heterocycles. The van der Waals surface area contributed by atoms with E-state index in [-0.39, 0.29) is 35.0 Å². The van der Waals surface area contributed by atoms with Crippen LogP contribution in [-0.4, -0.2) is 47.2 Å². The van der Waals surface area contributed by atoms with E-state index >= 15 is 0 Å². The highest BCUT2D eigenvalue weighted by molar-refractivity contribution is 7.19. The topological polar surface area (TPSA) is 162 Å². The summed E-state index contributed by atoms with van der Waals surface area (Å²) in [6, 6.07) is 0.930. The fraction of sp³-hybridized carbons (Fsp3) is 0.312. The smallest absolute Gasteiger partial charge is 0.381 e. The molecule has 1 amide bonds. The largest absolute Gasteiger partial charge is 0.488 e. The van der Waals surface area contributed by atoms with E-state index in [0.29, 0.717) is 10.8 Å². The lowest BCUT2D eigenvalue weighted by Gasteiger charge is -2.15. The van der Waals surface area contributed by atoms with Gasteiger partial charge in [0, 0.05) is 24.0 Å². The highest BCUT2D eigenvalue weighted by Crippen LogP contribution is 2.24. The van der Waals surface area contributed by atoms with Crippen LogP contribution in [-0.2, 0) is 0 Å². The summed E-state index contributed by atoms with van der Waals surface area (Å²) < 4.78 is 10.0. The Balaban J connectivity index is 2.20. The molecule has 0 spiro atoms. The second-order valence-electron chi connectivity index (χ2n) is 5.58. The number of carbonyl (C=O) groups is 1. The van der Waals surface area contributed by atoms with Crippen LogP contribution in [0.25, 0.3) is 0 Å². The number of amides is 1.